The molecule has 0 amide bonds. The maximum atomic E-state index is 11.1. The summed E-state index contributed by atoms with van der Waals surface area (Å²) < 4.78 is 0. The van der Waals surface area contributed by atoms with Crippen LogP contribution in [0, 0.1) is 0 Å². The Bertz CT molecular complexity index is 703. The molecular weight excluding hydrogens is 190 g/mol. The zero-order valence-corrected chi connectivity index (χ0v) is 7.77. The molecule has 0 aliphatic rings. The molecule has 2 heterocycles. The van der Waals surface area contributed by atoms with Gasteiger partial charge < -0.3 is 4.98 Å². The maximum absolute atomic E-state index is 11.1. The van der Waals surface area contributed by atoms with E-state index < -0.39 is 0 Å². The fourth-order valence-corrected chi connectivity index (χ4v) is 1.67. The van der Waals surface area contributed by atoms with Crippen LogP contribution in [-0.4, -0.2) is 15.0 Å². The number of aromatic amines is 1. The van der Waals surface area contributed by atoms with E-state index in [0.29, 0.717) is 5.52 Å². The lowest BCUT2D eigenvalue weighted by atomic mass is 10.1. The molecule has 4 nitrogen and oxygen atoms in total. The topological polar surface area (TPSA) is 58.6 Å². The summed E-state index contributed by atoms with van der Waals surface area (Å²) >= 11 is 0. The van der Waals surface area contributed by atoms with Gasteiger partial charge in [0.1, 0.15) is 5.52 Å². The highest BCUT2D eigenvalue weighted by atomic mass is 16.1. The van der Waals surface area contributed by atoms with Gasteiger partial charge in [-0.1, -0.05) is 24.3 Å². The van der Waals surface area contributed by atoms with E-state index in [-0.39, 0.29) is 5.69 Å². The predicted molar refractivity (Wildman–Crippen MR) is 57.7 cm³/mol. The van der Waals surface area contributed by atoms with Crippen molar-refractivity contribution in [3.63, 3.8) is 0 Å². The number of hydrogen-bond acceptors (Lipinski definition) is 3. The maximum Gasteiger partial charge on any atom is 0.345 e. The molecule has 0 bridgehead atoms. The van der Waals surface area contributed by atoms with Crippen LogP contribution in [0.4, 0.5) is 0 Å². The molecule has 0 radical (unpaired) electrons. The highest BCUT2D eigenvalue weighted by molar-refractivity contribution is 6.02. The second-order valence-electron chi connectivity index (χ2n) is 3.29. The number of nitrogens with zero attached hydrogens (tertiary/aromatic N) is 2. The summed E-state index contributed by atoms with van der Waals surface area (Å²) in [5.74, 6) is 0. The van der Waals surface area contributed by atoms with E-state index in [0.717, 1.165) is 16.3 Å². The van der Waals surface area contributed by atoms with Gasteiger partial charge >= 0.3 is 5.69 Å². The third-order valence-corrected chi connectivity index (χ3v) is 2.37. The Morgan fingerprint density at radius 1 is 1.07 bits per heavy atom. The van der Waals surface area contributed by atoms with Gasteiger partial charge in [-0.3, -0.25) is 4.98 Å². The number of hydrogen-bond donors (Lipinski definition) is 1. The highest BCUT2D eigenvalue weighted by Crippen LogP contribution is 2.19. The van der Waals surface area contributed by atoms with Crippen LogP contribution in [-0.2, 0) is 0 Å². The standard InChI is InChI=1S/C11H7N3O/c15-11-13-6-9-10(14-11)8-4-2-1-3-7(8)5-12-9/h1-6H,(H,13,14,15). The monoisotopic (exact) mass is 197 g/mol. The lowest BCUT2D eigenvalue weighted by molar-refractivity contribution is 1.11. The van der Waals surface area contributed by atoms with E-state index >= 15 is 0 Å². The van der Waals surface area contributed by atoms with Crippen LogP contribution in [0.5, 0.6) is 0 Å². The van der Waals surface area contributed by atoms with Gasteiger partial charge in [-0.05, 0) is 0 Å². The number of H-pyrrole nitrogens is 1. The van der Waals surface area contributed by atoms with Gasteiger partial charge in [-0.15, -0.1) is 0 Å². The van der Waals surface area contributed by atoms with E-state index in [1.54, 1.807) is 6.20 Å². The molecule has 0 unspecified atom stereocenters. The van der Waals surface area contributed by atoms with Crippen LogP contribution in [0.3, 0.4) is 0 Å². The van der Waals surface area contributed by atoms with Gasteiger partial charge in [0.05, 0.1) is 11.7 Å². The molecule has 0 atom stereocenters. The van der Waals surface area contributed by atoms with E-state index in [2.05, 4.69) is 15.0 Å². The average Bonchev–Trinajstić information content (AvgIpc) is 2.29. The summed E-state index contributed by atoms with van der Waals surface area (Å²) in [6.07, 6.45) is 3.26. The molecule has 0 aliphatic carbocycles. The van der Waals surface area contributed by atoms with Crippen molar-refractivity contribution in [1.82, 2.24) is 15.0 Å². The molecule has 2 aromatic heterocycles. The fourth-order valence-electron chi connectivity index (χ4n) is 1.67. The Balaban J connectivity index is 2.63. The highest BCUT2D eigenvalue weighted by Gasteiger charge is 2.01. The Hall–Kier alpha value is -2.23. The SMILES string of the molecule is O=c1ncc2ncc3ccccc3c2[nH]1. The number of nitrogens with one attached hydrogen (secondary N) is 1. The smallest absolute Gasteiger partial charge is 0.303 e. The van der Waals surface area contributed by atoms with Crippen LogP contribution < -0.4 is 5.69 Å². The first kappa shape index (κ1) is 8.11. The Labute approximate surface area is 84.6 Å². The van der Waals surface area contributed by atoms with Gasteiger partial charge in [0.2, 0.25) is 0 Å². The second kappa shape index (κ2) is 2.88. The summed E-state index contributed by atoms with van der Waals surface area (Å²) in [5, 5.41) is 1.99. The molecule has 3 aromatic rings. The van der Waals surface area contributed by atoms with E-state index in [4.69, 9.17) is 0 Å². The first-order valence-electron chi connectivity index (χ1n) is 4.57. The number of pyridine rings is 1. The molecular formula is C11H7N3O. The minimum absolute atomic E-state index is 0.347. The van der Waals surface area contributed by atoms with Gasteiger partial charge in [-0.25, -0.2) is 4.79 Å². The fraction of sp³-hybridized carbons (Fsp3) is 0. The molecule has 0 saturated carbocycles. The summed E-state index contributed by atoms with van der Waals surface area (Å²) in [6, 6.07) is 7.78. The van der Waals surface area contributed by atoms with Crippen LogP contribution in [0.15, 0.2) is 41.5 Å². The molecule has 1 aromatic carbocycles. The quantitative estimate of drug-likeness (QED) is 0.555. The lowest BCUT2D eigenvalue weighted by Gasteiger charge is -2.00. The number of benzene rings is 1. The van der Waals surface area contributed by atoms with Crippen LogP contribution in [0.25, 0.3) is 21.8 Å². The summed E-state index contributed by atoms with van der Waals surface area (Å²) in [6.45, 7) is 0. The van der Waals surface area contributed by atoms with Crippen LogP contribution in [0.1, 0.15) is 0 Å². The normalized spacial score (nSPS) is 10.9. The van der Waals surface area contributed by atoms with Gasteiger partial charge in [0, 0.05) is 17.0 Å². The molecule has 0 saturated heterocycles. The third kappa shape index (κ3) is 1.19. The molecule has 72 valence electrons. The van der Waals surface area contributed by atoms with Crippen molar-refractivity contribution in [3.05, 3.63) is 47.1 Å². The first-order valence-corrected chi connectivity index (χ1v) is 4.57. The van der Waals surface area contributed by atoms with Gasteiger partial charge in [0.25, 0.3) is 0 Å². The summed E-state index contributed by atoms with van der Waals surface area (Å²) in [7, 11) is 0. The zero-order valence-electron chi connectivity index (χ0n) is 7.77. The second-order valence-corrected chi connectivity index (χ2v) is 3.29. The van der Waals surface area contributed by atoms with Crippen molar-refractivity contribution in [2.24, 2.45) is 0 Å². The van der Waals surface area contributed by atoms with Crippen LogP contribution >= 0.6 is 0 Å². The van der Waals surface area contributed by atoms with Crippen molar-refractivity contribution in [2.45, 2.75) is 0 Å². The van der Waals surface area contributed by atoms with Crippen molar-refractivity contribution >= 4 is 21.8 Å². The zero-order chi connectivity index (χ0) is 10.3. The molecule has 0 fully saturated rings. The molecule has 0 aliphatic heterocycles. The van der Waals surface area contributed by atoms with Crippen molar-refractivity contribution < 1.29 is 0 Å². The Morgan fingerprint density at radius 2 is 1.93 bits per heavy atom. The van der Waals surface area contributed by atoms with E-state index in [9.17, 15) is 4.79 Å². The summed E-state index contributed by atoms with van der Waals surface area (Å²) in [5.41, 5.74) is 1.10. The average molecular weight is 197 g/mol. The minimum atomic E-state index is -0.347. The lowest BCUT2D eigenvalue weighted by Crippen LogP contribution is -2.09. The molecule has 4 heteroatoms. The Kier molecular flexibility index (Phi) is 1.56. The van der Waals surface area contributed by atoms with Crippen molar-refractivity contribution in [3.8, 4) is 0 Å². The number of rotatable bonds is 0. The number of aromatic nitrogens is 3. The molecule has 15 heavy (non-hydrogen) atoms. The van der Waals surface area contributed by atoms with E-state index in [1.807, 2.05) is 24.3 Å². The van der Waals surface area contributed by atoms with E-state index in [1.165, 1.54) is 6.20 Å². The third-order valence-electron chi connectivity index (χ3n) is 2.37. The number of fused-ring (bicyclic) bond motifs is 3. The van der Waals surface area contributed by atoms with Gasteiger partial charge in [0.15, 0.2) is 0 Å². The predicted octanol–water partition coefficient (Wildman–Crippen LogP) is 1.47. The minimum Gasteiger partial charge on any atom is -0.303 e. The van der Waals surface area contributed by atoms with Crippen molar-refractivity contribution in [1.29, 1.82) is 0 Å². The van der Waals surface area contributed by atoms with Crippen LogP contribution in [0.2, 0.25) is 0 Å². The molecule has 1 N–H and O–H groups in total. The molecule has 0 spiro atoms. The van der Waals surface area contributed by atoms with Gasteiger partial charge in [-0.2, -0.15) is 4.98 Å². The summed E-state index contributed by atoms with van der Waals surface area (Å²) in [4.78, 5) is 21.7. The first-order chi connectivity index (χ1) is 7.34. The largest absolute Gasteiger partial charge is 0.345 e. The Morgan fingerprint density at radius 3 is 2.87 bits per heavy atom. The van der Waals surface area contributed by atoms with Crippen molar-refractivity contribution in [2.75, 3.05) is 0 Å². The molecule has 3 rings (SSSR count).